The number of rotatable bonds is 4. The summed E-state index contributed by atoms with van der Waals surface area (Å²) in [4.78, 5) is 14.8. The smallest absolute Gasteiger partial charge is 0.254 e. The molecule has 0 heterocycles. The Morgan fingerprint density at radius 2 is 2.05 bits per heavy atom. The van der Waals surface area contributed by atoms with Crippen molar-refractivity contribution < 1.29 is 4.79 Å². The molecule has 3 N–H and O–H groups in total. The van der Waals surface area contributed by atoms with Crippen molar-refractivity contribution >= 4 is 11.6 Å². The summed E-state index contributed by atoms with van der Waals surface area (Å²) in [5.74, 6) is 5.56. The number of hydrogen-bond donors (Lipinski definition) is 2. The lowest BCUT2D eigenvalue weighted by Gasteiger charge is -2.34. The van der Waals surface area contributed by atoms with E-state index < -0.39 is 0 Å². The molecule has 0 saturated heterocycles. The highest BCUT2D eigenvalue weighted by Gasteiger charge is 2.25. The van der Waals surface area contributed by atoms with Gasteiger partial charge < -0.3 is 10.3 Å². The summed E-state index contributed by atoms with van der Waals surface area (Å²) in [5, 5.41) is 0. The second kappa shape index (κ2) is 6.75. The third-order valence-electron chi connectivity index (χ3n) is 4.24. The molecule has 4 heteroatoms. The minimum absolute atomic E-state index is 0.153. The minimum atomic E-state index is 0.153. The summed E-state index contributed by atoms with van der Waals surface area (Å²) in [5.41, 5.74) is 5.21. The summed E-state index contributed by atoms with van der Waals surface area (Å²) in [6, 6.07) is 6.06. The summed E-state index contributed by atoms with van der Waals surface area (Å²) in [6.07, 6.45) is 6.06. The largest absolute Gasteiger partial charge is 0.336 e. The standard InChI is InChI=1S/C16H25N3O/c1-3-19(14-7-5-4-6-8-14)16(20)15-10-9-13(18-17)11-12(15)2/h9-11,14,18H,3-8,17H2,1-2H3. The normalized spacial score (nSPS) is 15.9. The Bertz CT molecular complexity index is 467. The zero-order chi connectivity index (χ0) is 14.5. The number of nitrogens with one attached hydrogen (secondary N) is 1. The molecule has 2 rings (SSSR count). The van der Waals surface area contributed by atoms with Crippen LogP contribution < -0.4 is 11.3 Å². The Kier molecular flexibility index (Phi) is 5.01. The van der Waals surface area contributed by atoms with Crippen LogP contribution in [0, 0.1) is 6.92 Å². The van der Waals surface area contributed by atoms with Gasteiger partial charge in [-0.25, -0.2) is 0 Å². The molecule has 1 aromatic rings. The minimum Gasteiger partial charge on any atom is -0.336 e. The van der Waals surface area contributed by atoms with E-state index in [1.807, 2.05) is 30.0 Å². The monoisotopic (exact) mass is 275 g/mol. The van der Waals surface area contributed by atoms with Crippen LogP contribution in [0.4, 0.5) is 5.69 Å². The summed E-state index contributed by atoms with van der Waals surface area (Å²) >= 11 is 0. The van der Waals surface area contributed by atoms with Crippen molar-refractivity contribution in [2.45, 2.75) is 52.0 Å². The van der Waals surface area contributed by atoms with Gasteiger partial charge in [-0.15, -0.1) is 0 Å². The van der Waals surface area contributed by atoms with Gasteiger partial charge in [0.2, 0.25) is 0 Å². The molecule has 1 saturated carbocycles. The van der Waals surface area contributed by atoms with Crippen LogP contribution in [-0.2, 0) is 0 Å². The van der Waals surface area contributed by atoms with E-state index >= 15 is 0 Å². The number of carbonyl (C=O) groups is 1. The van der Waals surface area contributed by atoms with Crippen molar-refractivity contribution in [2.75, 3.05) is 12.0 Å². The maximum Gasteiger partial charge on any atom is 0.254 e. The molecule has 1 aliphatic rings. The summed E-state index contributed by atoms with van der Waals surface area (Å²) in [7, 11) is 0. The van der Waals surface area contributed by atoms with Gasteiger partial charge in [0.05, 0.1) is 0 Å². The Balaban J connectivity index is 2.19. The van der Waals surface area contributed by atoms with Gasteiger partial charge in [-0.05, 0) is 50.5 Å². The van der Waals surface area contributed by atoms with Gasteiger partial charge in [0.15, 0.2) is 0 Å². The molecule has 0 bridgehead atoms. The first-order valence-corrected chi connectivity index (χ1v) is 7.55. The van der Waals surface area contributed by atoms with Crippen molar-refractivity contribution in [3.05, 3.63) is 29.3 Å². The first-order chi connectivity index (χ1) is 9.67. The van der Waals surface area contributed by atoms with Crippen LogP contribution in [0.15, 0.2) is 18.2 Å². The van der Waals surface area contributed by atoms with E-state index in [0.717, 1.165) is 36.2 Å². The van der Waals surface area contributed by atoms with E-state index in [-0.39, 0.29) is 5.91 Å². The summed E-state index contributed by atoms with van der Waals surface area (Å²) < 4.78 is 0. The zero-order valence-electron chi connectivity index (χ0n) is 12.5. The number of amides is 1. The fourth-order valence-electron chi connectivity index (χ4n) is 3.11. The molecule has 0 aliphatic heterocycles. The molecule has 0 aromatic heterocycles. The lowest BCUT2D eigenvalue weighted by Crippen LogP contribution is -2.41. The molecule has 0 radical (unpaired) electrons. The predicted molar refractivity (Wildman–Crippen MR) is 82.6 cm³/mol. The molecule has 1 aromatic carbocycles. The molecule has 0 spiro atoms. The Hall–Kier alpha value is -1.55. The number of hydrazine groups is 1. The molecule has 1 amide bonds. The third-order valence-corrected chi connectivity index (χ3v) is 4.24. The van der Waals surface area contributed by atoms with E-state index in [4.69, 9.17) is 5.84 Å². The van der Waals surface area contributed by atoms with Crippen LogP contribution in [-0.4, -0.2) is 23.4 Å². The maximum atomic E-state index is 12.8. The average Bonchev–Trinajstić information content (AvgIpc) is 2.48. The molecular formula is C16H25N3O. The third kappa shape index (κ3) is 3.12. The number of nitrogens with two attached hydrogens (primary N) is 1. The maximum absolute atomic E-state index is 12.8. The lowest BCUT2D eigenvalue weighted by atomic mass is 9.93. The molecule has 20 heavy (non-hydrogen) atoms. The van der Waals surface area contributed by atoms with Crippen molar-refractivity contribution in [2.24, 2.45) is 5.84 Å². The number of carbonyl (C=O) groups excluding carboxylic acids is 1. The van der Waals surface area contributed by atoms with E-state index in [9.17, 15) is 4.79 Å². The van der Waals surface area contributed by atoms with Crippen LogP contribution in [0.1, 0.15) is 54.9 Å². The molecule has 4 nitrogen and oxygen atoms in total. The van der Waals surface area contributed by atoms with Crippen LogP contribution in [0.3, 0.4) is 0 Å². The molecule has 0 atom stereocenters. The van der Waals surface area contributed by atoms with Crippen LogP contribution >= 0.6 is 0 Å². The van der Waals surface area contributed by atoms with E-state index in [0.29, 0.717) is 6.04 Å². The topological polar surface area (TPSA) is 58.4 Å². The number of benzene rings is 1. The van der Waals surface area contributed by atoms with Gasteiger partial charge in [0, 0.05) is 23.8 Å². The van der Waals surface area contributed by atoms with E-state index in [1.54, 1.807) is 0 Å². The molecule has 1 aliphatic carbocycles. The van der Waals surface area contributed by atoms with Crippen molar-refractivity contribution in [3.63, 3.8) is 0 Å². The van der Waals surface area contributed by atoms with Crippen LogP contribution in [0.5, 0.6) is 0 Å². The summed E-state index contributed by atoms with van der Waals surface area (Å²) in [6.45, 7) is 4.81. The first kappa shape index (κ1) is 14.9. The van der Waals surface area contributed by atoms with Gasteiger partial charge >= 0.3 is 0 Å². The number of hydrogen-bond acceptors (Lipinski definition) is 3. The van der Waals surface area contributed by atoms with Crippen molar-refractivity contribution in [1.29, 1.82) is 0 Å². The fourth-order valence-corrected chi connectivity index (χ4v) is 3.11. The number of aryl methyl sites for hydroxylation is 1. The number of nitrogen functional groups attached to an aromatic ring is 1. The Morgan fingerprint density at radius 3 is 2.60 bits per heavy atom. The van der Waals surface area contributed by atoms with E-state index in [2.05, 4.69) is 12.3 Å². The molecule has 110 valence electrons. The Labute approximate surface area is 121 Å². The highest BCUT2D eigenvalue weighted by Crippen LogP contribution is 2.25. The quantitative estimate of drug-likeness (QED) is 0.656. The first-order valence-electron chi connectivity index (χ1n) is 7.55. The molecule has 1 fully saturated rings. The van der Waals surface area contributed by atoms with E-state index in [1.165, 1.54) is 19.3 Å². The van der Waals surface area contributed by atoms with Gasteiger partial charge in [0.25, 0.3) is 5.91 Å². The number of anilines is 1. The average molecular weight is 275 g/mol. The van der Waals surface area contributed by atoms with Gasteiger partial charge in [-0.1, -0.05) is 19.3 Å². The molecular weight excluding hydrogens is 250 g/mol. The lowest BCUT2D eigenvalue weighted by molar-refractivity contribution is 0.0647. The van der Waals surface area contributed by atoms with Crippen LogP contribution in [0.2, 0.25) is 0 Å². The second-order valence-corrected chi connectivity index (χ2v) is 5.56. The highest BCUT2D eigenvalue weighted by molar-refractivity contribution is 5.96. The van der Waals surface area contributed by atoms with Gasteiger partial charge in [-0.2, -0.15) is 0 Å². The molecule has 0 unspecified atom stereocenters. The van der Waals surface area contributed by atoms with Crippen molar-refractivity contribution in [1.82, 2.24) is 4.90 Å². The fraction of sp³-hybridized carbons (Fsp3) is 0.562. The Morgan fingerprint density at radius 1 is 1.35 bits per heavy atom. The second-order valence-electron chi connectivity index (χ2n) is 5.56. The predicted octanol–water partition coefficient (Wildman–Crippen LogP) is 3.08. The van der Waals surface area contributed by atoms with Crippen molar-refractivity contribution in [3.8, 4) is 0 Å². The van der Waals surface area contributed by atoms with Gasteiger partial charge in [-0.3, -0.25) is 10.6 Å². The number of nitrogens with zero attached hydrogens (tertiary/aromatic N) is 1. The zero-order valence-corrected chi connectivity index (χ0v) is 12.5. The van der Waals surface area contributed by atoms with Gasteiger partial charge in [0.1, 0.15) is 0 Å². The van der Waals surface area contributed by atoms with Crippen LogP contribution in [0.25, 0.3) is 0 Å². The highest BCUT2D eigenvalue weighted by atomic mass is 16.2. The SMILES string of the molecule is CCN(C(=O)c1ccc(NN)cc1C)C1CCCCC1.